The van der Waals surface area contributed by atoms with Crippen LogP contribution in [-0.4, -0.2) is 54.5 Å². The number of aromatic hydroxyl groups is 5. The molecule has 8 heteroatoms. The number of phenolic OH excluding ortho intramolecular Hbond substituents is 5. The van der Waals surface area contributed by atoms with Gasteiger partial charge < -0.3 is 40.7 Å². The van der Waals surface area contributed by atoms with Crippen LogP contribution in [0.2, 0.25) is 0 Å². The molecule has 56 heavy (non-hydrogen) atoms. The number of nitrogens with one attached hydrogen (secondary N) is 1. The standard InChI is InChI=1S/C48H59NO7/c1-2-3-4-7-32-24-30(11-15-33(32)29-49-35-26-37-17-16-34-8-6-22-47(23-21-36(50)28-47)48(34,27-35)56-37)13-19-40-38(18-12-31-14-20-41(51)43(53)25-31)39-9-5-10-42(52)44(39)46(55)45(40)54/h5,9-12,14-15,18,20,24-25,34-37,49-55H,2-4,6-8,13,16-17,19,21-23,26-29H2,1H3. The molecule has 6 atom stereocenters. The van der Waals surface area contributed by atoms with Crippen LogP contribution in [0.5, 0.6) is 28.7 Å². The number of hydrogen-bond donors (Lipinski definition) is 7. The average Bonchev–Trinajstić information content (AvgIpc) is 3.57. The van der Waals surface area contributed by atoms with Crippen molar-refractivity contribution in [2.45, 2.75) is 140 Å². The summed E-state index contributed by atoms with van der Waals surface area (Å²) in [5.41, 5.74) is 5.70. The van der Waals surface area contributed by atoms with Crippen molar-refractivity contribution in [2.24, 2.45) is 11.3 Å². The molecule has 6 unspecified atom stereocenters. The number of hydrogen-bond acceptors (Lipinski definition) is 8. The third-order valence-corrected chi connectivity index (χ3v) is 14.1. The lowest BCUT2D eigenvalue weighted by Crippen LogP contribution is -2.66. The van der Waals surface area contributed by atoms with E-state index in [9.17, 15) is 30.6 Å². The van der Waals surface area contributed by atoms with Crippen molar-refractivity contribution in [3.05, 3.63) is 88.0 Å². The molecule has 7 N–H and O–H groups in total. The first-order valence-electron chi connectivity index (χ1n) is 21.2. The Kier molecular flexibility index (Phi) is 11.0. The highest BCUT2D eigenvalue weighted by atomic mass is 16.5. The third kappa shape index (κ3) is 7.25. The van der Waals surface area contributed by atoms with E-state index in [4.69, 9.17) is 4.74 Å². The lowest BCUT2D eigenvalue weighted by atomic mass is 9.52. The van der Waals surface area contributed by atoms with E-state index in [1.165, 1.54) is 61.4 Å². The number of ether oxygens (including phenoxy) is 1. The van der Waals surface area contributed by atoms with Crippen molar-refractivity contribution < 1.29 is 35.4 Å². The van der Waals surface area contributed by atoms with Crippen LogP contribution in [0, 0.1) is 11.3 Å². The number of aliphatic hydroxyl groups excluding tert-OH is 1. The monoisotopic (exact) mass is 761 g/mol. The molecular formula is C48H59NO7. The maximum absolute atomic E-state index is 11.4. The highest BCUT2D eigenvalue weighted by Crippen LogP contribution is 2.64. The summed E-state index contributed by atoms with van der Waals surface area (Å²) in [5.74, 6) is -0.579. The predicted molar refractivity (Wildman–Crippen MR) is 221 cm³/mol. The van der Waals surface area contributed by atoms with E-state index in [0.29, 0.717) is 53.0 Å². The van der Waals surface area contributed by atoms with Crippen molar-refractivity contribution in [1.82, 2.24) is 5.32 Å². The smallest absolute Gasteiger partial charge is 0.169 e. The SMILES string of the molecule is CCCCCc1cc(CCc2c(O)c(O)c3c(O)cccc3c2C=Cc2ccc(O)c(O)c2)ccc1CNC1CC2CCC3CCCC4(CCC(O)C4)C3(C1)O2. The second-order valence-corrected chi connectivity index (χ2v) is 17.4. The second-order valence-electron chi connectivity index (χ2n) is 17.4. The summed E-state index contributed by atoms with van der Waals surface area (Å²) < 4.78 is 7.13. The number of fused-ring (bicyclic) bond motifs is 2. The summed E-state index contributed by atoms with van der Waals surface area (Å²) in [5, 5.41) is 68.7. The Morgan fingerprint density at radius 2 is 1.66 bits per heavy atom. The Morgan fingerprint density at radius 1 is 0.786 bits per heavy atom. The number of unbranched alkanes of at least 4 members (excludes halogenated alkanes) is 2. The average molecular weight is 762 g/mol. The van der Waals surface area contributed by atoms with Crippen LogP contribution in [0.1, 0.15) is 124 Å². The molecular weight excluding hydrogens is 703 g/mol. The largest absolute Gasteiger partial charge is 0.507 e. The van der Waals surface area contributed by atoms with E-state index in [2.05, 4.69) is 30.4 Å². The fraction of sp³-hybridized carbons (Fsp3) is 0.500. The van der Waals surface area contributed by atoms with Gasteiger partial charge >= 0.3 is 0 Å². The van der Waals surface area contributed by atoms with E-state index in [-0.39, 0.29) is 51.3 Å². The molecule has 2 bridgehead atoms. The first-order valence-corrected chi connectivity index (χ1v) is 21.2. The van der Waals surface area contributed by atoms with Gasteiger partial charge in [-0.3, -0.25) is 0 Å². The topological polar surface area (TPSA) is 143 Å². The number of aryl methyl sites for hydroxylation is 2. The van der Waals surface area contributed by atoms with Crippen molar-refractivity contribution in [3.63, 3.8) is 0 Å². The van der Waals surface area contributed by atoms with Gasteiger partial charge in [0.05, 0.1) is 23.2 Å². The van der Waals surface area contributed by atoms with Crippen molar-refractivity contribution >= 4 is 22.9 Å². The predicted octanol–water partition coefficient (Wildman–Crippen LogP) is 9.56. The van der Waals surface area contributed by atoms with E-state index in [1.807, 2.05) is 12.1 Å². The van der Waals surface area contributed by atoms with Gasteiger partial charge in [0.15, 0.2) is 23.0 Å². The van der Waals surface area contributed by atoms with Crippen molar-refractivity contribution in [1.29, 1.82) is 0 Å². The van der Waals surface area contributed by atoms with Gasteiger partial charge in [0.25, 0.3) is 0 Å². The molecule has 2 saturated heterocycles. The van der Waals surface area contributed by atoms with Gasteiger partial charge in [-0.15, -0.1) is 0 Å². The van der Waals surface area contributed by atoms with Gasteiger partial charge in [0.2, 0.25) is 0 Å². The molecule has 298 valence electrons. The van der Waals surface area contributed by atoms with E-state index in [1.54, 1.807) is 18.2 Å². The summed E-state index contributed by atoms with van der Waals surface area (Å²) in [7, 11) is 0. The van der Waals surface area contributed by atoms with E-state index < -0.39 is 0 Å². The molecule has 2 aliphatic carbocycles. The summed E-state index contributed by atoms with van der Waals surface area (Å²) in [4.78, 5) is 0. The normalized spacial score (nSPS) is 27.3. The summed E-state index contributed by atoms with van der Waals surface area (Å²) >= 11 is 0. The molecule has 8 rings (SSSR count). The zero-order valence-electron chi connectivity index (χ0n) is 32.8. The maximum Gasteiger partial charge on any atom is 0.169 e. The zero-order valence-corrected chi connectivity index (χ0v) is 32.8. The number of phenols is 5. The molecule has 4 fully saturated rings. The Morgan fingerprint density at radius 3 is 2.46 bits per heavy atom. The van der Waals surface area contributed by atoms with Gasteiger partial charge in [-0.2, -0.15) is 0 Å². The van der Waals surface area contributed by atoms with Gasteiger partial charge in [-0.05, 0) is 141 Å². The van der Waals surface area contributed by atoms with Crippen LogP contribution >= 0.6 is 0 Å². The van der Waals surface area contributed by atoms with Crippen LogP contribution in [0.3, 0.4) is 0 Å². The number of benzene rings is 4. The molecule has 0 amide bonds. The van der Waals surface area contributed by atoms with Crippen LogP contribution in [0.15, 0.2) is 54.6 Å². The zero-order chi connectivity index (χ0) is 39.0. The number of aliphatic hydroxyl groups is 1. The van der Waals surface area contributed by atoms with Crippen LogP contribution in [-0.2, 0) is 30.5 Å². The lowest BCUT2D eigenvalue weighted by Gasteiger charge is -2.63. The summed E-state index contributed by atoms with van der Waals surface area (Å²) in [6.45, 7) is 3.04. The van der Waals surface area contributed by atoms with Crippen molar-refractivity contribution in [2.75, 3.05) is 0 Å². The van der Waals surface area contributed by atoms with Crippen LogP contribution in [0.4, 0.5) is 0 Å². The minimum absolute atomic E-state index is 0.113. The third-order valence-electron chi connectivity index (χ3n) is 14.1. The highest BCUT2D eigenvalue weighted by Gasteiger charge is 2.64. The molecule has 2 aliphatic heterocycles. The number of rotatable bonds is 12. The quantitative estimate of drug-likeness (QED) is 0.0430. The molecule has 0 radical (unpaired) electrons. The Bertz CT molecular complexity index is 2090. The van der Waals surface area contributed by atoms with Gasteiger partial charge in [0, 0.05) is 23.6 Å². The lowest BCUT2D eigenvalue weighted by molar-refractivity contribution is -0.270. The fourth-order valence-electron chi connectivity index (χ4n) is 11.3. The molecule has 4 aromatic rings. The second kappa shape index (κ2) is 16.0. The van der Waals surface area contributed by atoms with E-state index in [0.717, 1.165) is 69.9 Å². The van der Waals surface area contributed by atoms with E-state index >= 15 is 0 Å². The highest BCUT2D eigenvalue weighted by molar-refractivity contribution is 6.03. The van der Waals surface area contributed by atoms with Crippen LogP contribution < -0.4 is 5.32 Å². The molecule has 4 aromatic carbocycles. The summed E-state index contributed by atoms with van der Waals surface area (Å²) in [6, 6.07) is 16.8. The Balaban J connectivity index is 1.04. The first kappa shape index (κ1) is 38.6. The molecule has 2 spiro atoms. The maximum atomic E-state index is 11.4. The minimum Gasteiger partial charge on any atom is -0.507 e. The van der Waals surface area contributed by atoms with Gasteiger partial charge in [-0.25, -0.2) is 0 Å². The van der Waals surface area contributed by atoms with Gasteiger partial charge in [0.1, 0.15) is 5.75 Å². The van der Waals surface area contributed by atoms with Crippen LogP contribution in [0.25, 0.3) is 22.9 Å². The minimum atomic E-state index is -0.347. The fourth-order valence-corrected chi connectivity index (χ4v) is 11.3. The first-order chi connectivity index (χ1) is 27.1. The molecule has 4 aliphatic rings. The molecule has 2 saturated carbocycles. The Labute approximate surface area is 330 Å². The Hall–Kier alpha value is -4.24. The molecule has 0 aromatic heterocycles. The van der Waals surface area contributed by atoms with Gasteiger partial charge in [-0.1, -0.05) is 74.7 Å². The summed E-state index contributed by atoms with van der Waals surface area (Å²) in [6.07, 6.45) is 20.3. The van der Waals surface area contributed by atoms with Crippen molar-refractivity contribution in [3.8, 4) is 28.7 Å². The molecule has 8 nitrogen and oxygen atoms in total. The molecule has 2 heterocycles.